The van der Waals surface area contributed by atoms with Crippen LogP contribution in [0.25, 0.3) is 21.2 Å². The molecule has 0 spiro atoms. The largest absolute Gasteiger partial charge is 0.375 e. The van der Waals surface area contributed by atoms with Crippen LogP contribution >= 0.6 is 11.8 Å². The SMILES string of the molecule is CO[C@@H]1[C@@H](OCc2ccc3ccccc3c2)[C@H](N=[N+]=[N-])[C@@H](C)O[C@H]1Sc1ccccc1. The minimum atomic E-state index is -0.483. The normalized spacial score (nSPS) is 25.8. The van der Waals surface area contributed by atoms with E-state index in [1.54, 1.807) is 18.9 Å². The monoisotopic (exact) mass is 435 g/mol. The molecule has 7 heteroatoms. The Kier molecular flexibility index (Phi) is 7.12. The summed E-state index contributed by atoms with van der Waals surface area (Å²) in [6, 6.07) is 24.1. The zero-order valence-electron chi connectivity index (χ0n) is 17.5. The van der Waals surface area contributed by atoms with Gasteiger partial charge in [-0.2, -0.15) is 0 Å². The zero-order valence-corrected chi connectivity index (χ0v) is 18.3. The van der Waals surface area contributed by atoms with Crippen LogP contribution in [-0.4, -0.2) is 36.9 Å². The lowest BCUT2D eigenvalue weighted by atomic mass is 9.98. The van der Waals surface area contributed by atoms with Crippen LogP contribution < -0.4 is 0 Å². The van der Waals surface area contributed by atoms with Gasteiger partial charge in [0.25, 0.3) is 0 Å². The summed E-state index contributed by atoms with van der Waals surface area (Å²) in [5, 5.41) is 6.34. The molecule has 6 nitrogen and oxygen atoms in total. The molecule has 5 atom stereocenters. The average molecular weight is 436 g/mol. The van der Waals surface area contributed by atoms with Gasteiger partial charge in [0.05, 0.1) is 24.9 Å². The van der Waals surface area contributed by atoms with Gasteiger partial charge in [-0.05, 0) is 47.0 Å². The van der Waals surface area contributed by atoms with Crippen LogP contribution in [0.3, 0.4) is 0 Å². The fourth-order valence-corrected chi connectivity index (χ4v) is 5.11. The van der Waals surface area contributed by atoms with Crippen molar-refractivity contribution in [2.24, 2.45) is 5.11 Å². The number of hydrogen-bond acceptors (Lipinski definition) is 5. The Balaban J connectivity index is 1.56. The maximum absolute atomic E-state index is 9.12. The van der Waals surface area contributed by atoms with E-state index in [0.717, 1.165) is 15.8 Å². The second kappa shape index (κ2) is 10.2. The number of rotatable bonds is 7. The number of azide groups is 1. The molecule has 1 aliphatic heterocycles. The quantitative estimate of drug-likeness (QED) is 0.261. The van der Waals surface area contributed by atoms with Crippen LogP contribution in [0.2, 0.25) is 0 Å². The molecule has 3 aromatic carbocycles. The third-order valence-electron chi connectivity index (χ3n) is 5.47. The van der Waals surface area contributed by atoms with Crippen molar-refractivity contribution in [2.45, 2.75) is 48.2 Å². The standard InChI is InChI=1S/C24H25N3O3S/c1-16-21(26-27-25)22(23(28-2)24(30-16)31-20-10-4-3-5-11-20)29-15-17-12-13-18-8-6-7-9-19(18)14-17/h3-14,16,21-24H,15H2,1-2H3/t16-,21-,22+,23-,24+/m1/s1. The highest BCUT2D eigenvalue weighted by molar-refractivity contribution is 7.99. The van der Waals surface area contributed by atoms with Gasteiger partial charge in [0.15, 0.2) is 0 Å². The summed E-state index contributed by atoms with van der Waals surface area (Å²) in [6.07, 6.45) is -1.13. The summed E-state index contributed by atoms with van der Waals surface area (Å²) in [7, 11) is 1.64. The lowest BCUT2D eigenvalue weighted by Crippen LogP contribution is -2.56. The van der Waals surface area contributed by atoms with E-state index < -0.39 is 18.2 Å². The lowest BCUT2D eigenvalue weighted by Gasteiger charge is -2.43. The molecule has 1 aliphatic rings. The summed E-state index contributed by atoms with van der Waals surface area (Å²) in [4.78, 5) is 4.12. The van der Waals surface area contributed by atoms with Crippen molar-refractivity contribution >= 4 is 22.5 Å². The maximum Gasteiger partial charge on any atom is 0.136 e. The van der Waals surface area contributed by atoms with E-state index in [2.05, 4.69) is 40.4 Å². The summed E-state index contributed by atoms with van der Waals surface area (Å²) >= 11 is 1.59. The molecule has 4 rings (SSSR count). The Morgan fingerprint density at radius 3 is 2.48 bits per heavy atom. The number of benzene rings is 3. The van der Waals surface area contributed by atoms with Gasteiger partial charge in [-0.3, -0.25) is 0 Å². The average Bonchev–Trinajstić information content (AvgIpc) is 2.80. The van der Waals surface area contributed by atoms with Gasteiger partial charge >= 0.3 is 0 Å². The Morgan fingerprint density at radius 1 is 1.00 bits per heavy atom. The highest BCUT2D eigenvalue weighted by Crippen LogP contribution is 2.37. The minimum Gasteiger partial charge on any atom is -0.375 e. The van der Waals surface area contributed by atoms with Crippen molar-refractivity contribution in [3.8, 4) is 0 Å². The van der Waals surface area contributed by atoms with Gasteiger partial charge in [0.2, 0.25) is 0 Å². The second-order valence-electron chi connectivity index (χ2n) is 7.49. The van der Waals surface area contributed by atoms with Crippen LogP contribution in [0.1, 0.15) is 12.5 Å². The van der Waals surface area contributed by atoms with Crippen LogP contribution in [0.4, 0.5) is 0 Å². The Labute approximate surface area is 186 Å². The summed E-state index contributed by atoms with van der Waals surface area (Å²) in [5.41, 5.74) is 9.89. The first-order chi connectivity index (χ1) is 15.2. The third-order valence-corrected chi connectivity index (χ3v) is 6.62. The molecule has 0 N–H and O–H groups in total. The molecule has 0 radical (unpaired) electrons. The van der Waals surface area contributed by atoms with Crippen LogP contribution in [-0.2, 0) is 20.8 Å². The number of nitrogens with zero attached hydrogens (tertiary/aromatic N) is 3. The maximum atomic E-state index is 9.12. The van der Waals surface area contributed by atoms with Crippen molar-refractivity contribution in [3.63, 3.8) is 0 Å². The smallest absolute Gasteiger partial charge is 0.136 e. The van der Waals surface area contributed by atoms with Crippen molar-refractivity contribution in [3.05, 3.63) is 88.8 Å². The van der Waals surface area contributed by atoms with E-state index in [9.17, 15) is 0 Å². The fraction of sp³-hybridized carbons (Fsp3) is 0.333. The molecule has 1 fully saturated rings. The van der Waals surface area contributed by atoms with Gasteiger partial charge in [-0.1, -0.05) is 71.5 Å². The van der Waals surface area contributed by atoms with Gasteiger partial charge in [-0.25, -0.2) is 0 Å². The molecule has 160 valence electrons. The molecule has 1 heterocycles. The van der Waals surface area contributed by atoms with Gasteiger partial charge in [-0.15, -0.1) is 0 Å². The molecule has 0 aromatic heterocycles. The van der Waals surface area contributed by atoms with Crippen molar-refractivity contribution in [1.82, 2.24) is 0 Å². The Bertz CT molecular complexity index is 1060. The van der Waals surface area contributed by atoms with Gasteiger partial charge in [0, 0.05) is 16.9 Å². The Hall–Kier alpha value is -2.54. The number of thioether (sulfide) groups is 1. The molecule has 0 bridgehead atoms. The number of ether oxygens (including phenoxy) is 3. The van der Waals surface area contributed by atoms with Crippen molar-refractivity contribution in [2.75, 3.05) is 7.11 Å². The fourth-order valence-electron chi connectivity index (χ4n) is 3.89. The highest BCUT2D eigenvalue weighted by Gasteiger charge is 2.45. The molecule has 0 aliphatic carbocycles. The number of fused-ring (bicyclic) bond motifs is 1. The van der Waals surface area contributed by atoms with Crippen LogP contribution in [0.5, 0.6) is 0 Å². The number of methoxy groups -OCH3 is 1. The molecule has 1 saturated heterocycles. The molecular weight excluding hydrogens is 410 g/mol. The zero-order chi connectivity index (χ0) is 21.6. The molecule has 0 saturated carbocycles. The first kappa shape index (κ1) is 21.7. The topological polar surface area (TPSA) is 76.5 Å². The van der Waals surface area contributed by atoms with E-state index in [1.807, 2.05) is 49.4 Å². The van der Waals surface area contributed by atoms with E-state index >= 15 is 0 Å². The second-order valence-corrected chi connectivity index (χ2v) is 8.67. The minimum absolute atomic E-state index is 0.283. The first-order valence-electron chi connectivity index (χ1n) is 10.2. The molecule has 0 amide bonds. The first-order valence-corrected chi connectivity index (χ1v) is 11.1. The van der Waals surface area contributed by atoms with Crippen LogP contribution in [0, 0.1) is 0 Å². The lowest BCUT2D eigenvalue weighted by molar-refractivity contribution is -0.175. The highest BCUT2D eigenvalue weighted by atomic mass is 32.2. The predicted octanol–water partition coefficient (Wildman–Crippen LogP) is 5.96. The van der Waals surface area contributed by atoms with Gasteiger partial charge < -0.3 is 14.2 Å². The van der Waals surface area contributed by atoms with E-state index in [-0.39, 0.29) is 11.5 Å². The van der Waals surface area contributed by atoms with E-state index in [1.165, 1.54) is 5.39 Å². The molecule has 0 unspecified atom stereocenters. The van der Waals surface area contributed by atoms with Crippen molar-refractivity contribution in [1.29, 1.82) is 0 Å². The molecular formula is C24H25N3O3S. The molecule has 3 aromatic rings. The van der Waals surface area contributed by atoms with Crippen molar-refractivity contribution < 1.29 is 14.2 Å². The summed E-state index contributed by atoms with van der Waals surface area (Å²) in [6.45, 7) is 2.30. The van der Waals surface area contributed by atoms with E-state index in [0.29, 0.717) is 6.61 Å². The summed E-state index contributed by atoms with van der Waals surface area (Å²) < 4.78 is 18.4. The third kappa shape index (κ3) is 5.03. The molecule has 31 heavy (non-hydrogen) atoms. The van der Waals surface area contributed by atoms with E-state index in [4.69, 9.17) is 19.7 Å². The Morgan fingerprint density at radius 2 is 1.74 bits per heavy atom. The number of hydrogen-bond donors (Lipinski definition) is 0. The predicted molar refractivity (Wildman–Crippen MR) is 123 cm³/mol. The summed E-state index contributed by atoms with van der Waals surface area (Å²) in [5.74, 6) is 0. The van der Waals surface area contributed by atoms with Gasteiger partial charge in [0.1, 0.15) is 11.5 Å². The van der Waals surface area contributed by atoms with Crippen LogP contribution in [0.15, 0.2) is 82.8 Å².